The predicted octanol–water partition coefficient (Wildman–Crippen LogP) is 0.730. The number of hydrogen-bond donors (Lipinski definition) is 3. The van der Waals surface area contributed by atoms with Crippen molar-refractivity contribution in [2.24, 2.45) is 0 Å². The van der Waals surface area contributed by atoms with Crippen LogP contribution in [0.4, 0.5) is 5.82 Å². The molecule has 1 aromatic heterocycles. The van der Waals surface area contributed by atoms with Crippen LogP contribution in [0, 0.1) is 5.41 Å². The summed E-state index contributed by atoms with van der Waals surface area (Å²) in [6, 6.07) is 0.145. The van der Waals surface area contributed by atoms with Crippen LogP contribution in [0.1, 0.15) is 37.3 Å². The molecule has 0 amide bonds. The molecular weight excluding hydrogens is 308 g/mol. The number of anilines is 1. The fraction of sp³-hybridized carbons (Fsp3) is 0.615. The third kappa shape index (κ3) is 4.21. The SMILES string of the molecule is CC(OS(C)=O)c1nc(NC2CCOCC2)c(C=N)c(=O)[nH]1. The van der Waals surface area contributed by atoms with Gasteiger partial charge in [-0.05, 0) is 19.8 Å². The smallest absolute Gasteiger partial charge is 0.261 e. The number of aromatic nitrogens is 2. The van der Waals surface area contributed by atoms with Crippen LogP contribution in [-0.2, 0) is 20.0 Å². The van der Waals surface area contributed by atoms with Crippen molar-refractivity contribution in [3.63, 3.8) is 0 Å². The zero-order valence-corrected chi connectivity index (χ0v) is 13.4. The zero-order valence-electron chi connectivity index (χ0n) is 12.5. The molecule has 0 aromatic carbocycles. The molecule has 3 N–H and O–H groups in total. The van der Waals surface area contributed by atoms with E-state index in [1.807, 2.05) is 0 Å². The Hall–Kier alpha value is -1.58. The molecule has 2 unspecified atom stereocenters. The Labute approximate surface area is 130 Å². The molecule has 0 bridgehead atoms. The second kappa shape index (κ2) is 7.61. The number of nitrogens with one attached hydrogen (secondary N) is 3. The number of ether oxygens (including phenoxy) is 1. The van der Waals surface area contributed by atoms with Gasteiger partial charge in [-0.3, -0.25) is 8.98 Å². The van der Waals surface area contributed by atoms with Gasteiger partial charge in [-0.2, -0.15) is 0 Å². The molecule has 1 aliphatic rings. The minimum atomic E-state index is -1.47. The third-order valence-corrected chi connectivity index (χ3v) is 3.90. The maximum atomic E-state index is 12.1. The monoisotopic (exact) mass is 328 g/mol. The van der Waals surface area contributed by atoms with Crippen LogP contribution in [0.5, 0.6) is 0 Å². The van der Waals surface area contributed by atoms with Crippen molar-refractivity contribution in [3.8, 4) is 0 Å². The first-order chi connectivity index (χ1) is 10.5. The van der Waals surface area contributed by atoms with Crippen LogP contribution in [0.3, 0.4) is 0 Å². The highest BCUT2D eigenvalue weighted by Gasteiger charge is 2.19. The van der Waals surface area contributed by atoms with Crippen LogP contribution >= 0.6 is 0 Å². The van der Waals surface area contributed by atoms with E-state index in [1.165, 1.54) is 6.26 Å². The van der Waals surface area contributed by atoms with Crippen LogP contribution in [0.2, 0.25) is 0 Å². The van der Waals surface area contributed by atoms with Crippen molar-refractivity contribution in [1.29, 1.82) is 5.41 Å². The first-order valence-corrected chi connectivity index (χ1v) is 8.49. The van der Waals surface area contributed by atoms with Gasteiger partial charge in [-0.15, -0.1) is 0 Å². The summed E-state index contributed by atoms with van der Waals surface area (Å²) in [6.07, 6.45) is 3.38. The van der Waals surface area contributed by atoms with Crippen molar-refractivity contribution >= 4 is 23.1 Å². The number of rotatable bonds is 6. The molecule has 22 heavy (non-hydrogen) atoms. The molecule has 2 rings (SSSR count). The van der Waals surface area contributed by atoms with Crippen LogP contribution in [-0.4, -0.2) is 45.9 Å². The highest BCUT2D eigenvalue weighted by atomic mass is 32.2. The lowest BCUT2D eigenvalue weighted by molar-refractivity contribution is 0.0903. The van der Waals surface area contributed by atoms with Crippen molar-refractivity contribution in [2.75, 3.05) is 24.8 Å². The first-order valence-electron chi connectivity index (χ1n) is 7.00. The molecule has 0 spiro atoms. The number of nitrogens with zero attached hydrogens (tertiary/aromatic N) is 1. The van der Waals surface area contributed by atoms with Gasteiger partial charge in [0.1, 0.15) is 17.7 Å². The molecule has 2 heterocycles. The van der Waals surface area contributed by atoms with Gasteiger partial charge in [0.05, 0.1) is 5.56 Å². The molecule has 9 heteroatoms. The Bertz CT molecular complexity index is 613. The largest absolute Gasteiger partial charge is 0.381 e. The molecule has 1 aliphatic heterocycles. The molecule has 0 radical (unpaired) electrons. The Morgan fingerprint density at radius 3 is 2.82 bits per heavy atom. The van der Waals surface area contributed by atoms with E-state index in [2.05, 4.69) is 15.3 Å². The Morgan fingerprint density at radius 2 is 2.23 bits per heavy atom. The molecule has 0 aliphatic carbocycles. The molecule has 0 saturated carbocycles. The van der Waals surface area contributed by atoms with Gasteiger partial charge in [0.2, 0.25) is 0 Å². The van der Waals surface area contributed by atoms with Crippen molar-refractivity contribution in [1.82, 2.24) is 9.97 Å². The number of aromatic amines is 1. The summed E-state index contributed by atoms with van der Waals surface area (Å²) in [7, 11) is 0. The Kier molecular flexibility index (Phi) is 5.81. The molecule has 1 fully saturated rings. The highest BCUT2D eigenvalue weighted by Crippen LogP contribution is 2.18. The lowest BCUT2D eigenvalue weighted by Gasteiger charge is -2.24. The van der Waals surface area contributed by atoms with Gasteiger partial charge in [-0.1, -0.05) is 0 Å². The van der Waals surface area contributed by atoms with Gasteiger partial charge in [0.15, 0.2) is 11.1 Å². The summed E-state index contributed by atoms with van der Waals surface area (Å²) in [5, 5.41) is 10.6. The average Bonchev–Trinajstić information content (AvgIpc) is 2.47. The summed E-state index contributed by atoms with van der Waals surface area (Å²) in [6.45, 7) is 2.96. The second-order valence-corrected chi connectivity index (χ2v) is 6.02. The summed E-state index contributed by atoms with van der Waals surface area (Å²) >= 11 is -1.47. The van der Waals surface area contributed by atoms with E-state index in [0.29, 0.717) is 19.0 Å². The van der Waals surface area contributed by atoms with E-state index in [4.69, 9.17) is 14.3 Å². The van der Waals surface area contributed by atoms with Crippen molar-refractivity contribution < 1.29 is 13.1 Å². The minimum absolute atomic E-state index is 0.145. The third-order valence-electron chi connectivity index (χ3n) is 3.34. The van der Waals surface area contributed by atoms with Crippen molar-refractivity contribution in [2.45, 2.75) is 31.9 Å². The molecular formula is C13H20N4O4S. The van der Waals surface area contributed by atoms with Crippen LogP contribution in [0.15, 0.2) is 4.79 Å². The summed E-state index contributed by atoms with van der Waals surface area (Å²) < 4.78 is 21.6. The standard InChI is InChI=1S/C13H20N4O4S/c1-8(21-22(2)19)11-16-12(10(7-14)13(18)17-11)15-9-3-5-20-6-4-9/h7-9,14H,3-6H2,1-2H3,(H2,15,16,17,18). The fourth-order valence-electron chi connectivity index (χ4n) is 2.22. The maximum absolute atomic E-state index is 12.1. The van der Waals surface area contributed by atoms with Crippen molar-refractivity contribution in [3.05, 3.63) is 21.7 Å². The molecule has 1 aromatic rings. The fourth-order valence-corrected chi connectivity index (χ4v) is 2.72. The maximum Gasteiger partial charge on any atom is 0.261 e. The zero-order chi connectivity index (χ0) is 16.1. The van der Waals surface area contributed by atoms with Gasteiger partial charge in [-0.25, -0.2) is 9.19 Å². The predicted molar refractivity (Wildman–Crippen MR) is 83.8 cm³/mol. The van der Waals surface area contributed by atoms with Crippen LogP contribution in [0.25, 0.3) is 0 Å². The lowest BCUT2D eigenvalue weighted by atomic mass is 10.1. The summed E-state index contributed by atoms with van der Waals surface area (Å²) in [4.78, 5) is 19.0. The lowest BCUT2D eigenvalue weighted by Crippen LogP contribution is -2.31. The normalized spacial score (nSPS) is 18.6. The van der Waals surface area contributed by atoms with E-state index >= 15 is 0 Å². The second-order valence-electron chi connectivity index (χ2n) is 5.03. The number of hydrogen-bond acceptors (Lipinski definition) is 7. The number of H-pyrrole nitrogens is 1. The summed E-state index contributed by atoms with van der Waals surface area (Å²) in [5.41, 5.74) is -0.257. The van der Waals surface area contributed by atoms with E-state index in [1.54, 1.807) is 6.92 Å². The van der Waals surface area contributed by atoms with Gasteiger partial charge >= 0.3 is 0 Å². The van der Waals surface area contributed by atoms with Crippen LogP contribution < -0.4 is 10.9 Å². The van der Waals surface area contributed by atoms with E-state index in [9.17, 15) is 9.00 Å². The van der Waals surface area contributed by atoms with E-state index in [0.717, 1.165) is 19.1 Å². The van der Waals surface area contributed by atoms with E-state index in [-0.39, 0.29) is 17.4 Å². The van der Waals surface area contributed by atoms with E-state index < -0.39 is 22.7 Å². The van der Waals surface area contributed by atoms with Gasteiger partial charge in [0.25, 0.3) is 5.56 Å². The first kappa shape index (κ1) is 16.8. The average molecular weight is 328 g/mol. The van der Waals surface area contributed by atoms with Gasteiger partial charge in [0, 0.05) is 31.7 Å². The molecule has 1 saturated heterocycles. The Balaban J connectivity index is 2.28. The summed E-state index contributed by atoms with van der Waals surface area (Å²) in [5.74, 6) is 0.623. The minimum Gasteiger partial charge on any atom is -0.381 e. The molecule has 2 atom stereocenters. The highest BCUT2D eigenvalue weighted by molar-refractivity contribution is 7.79. The molecule has 122 valence electrons. The molecule has 8 nitrogen and oxygen atoms in total. The topological polar surface area (TPSA) is 117 Å². The van der Waals surface area contributed by atoms with Gasteiger partial charge < -0.3 is 20.4 Å². The Morgan fingerprint density at radius 1 is 1.55 bits per heavy atom. The quantitative estimate of drug-likeness (QED) is 0.663.